The Bertz CT molecular complexity index is 101. The molecule has 2 atom stereocenters. The molecule has 0 aliphatic heterocycles. The lowest BCUT2D eigenvalue weighted by molar-refractivity contribution is 0.223. The number of unbranched alkanes of at least 4 members (excludes halogenated alkanes) is 3. The molecule has 86 valence electrons. The molecule has 0 heterocycles. The highest BCUT2D eigenvalue weighted by molar-refractivity contribution is 4.54. The van der Waals surface area contributed by atoms with Gasteiger partial charge in [-0.25, -0.2) is 0 Å². The van der Waals surface area contributed by atoms with Crippen LogP contribution in [0.1, 0.15) is 52.4 Å². The van der Waals surface area contributed by atoms with Crippen molar-refractivity contribution in [1.29, 1.82) is 0 Å². The van der Waals surface area contributed by atoms with Gasteiger partial charge in [0.25, 0.3) is 0 Å². The van der Waals surface area contributed by atoms with Gasteiger partial charge in [-0.3, -0.25) is 0 Å². The SMILES string of the molecule is CC(CO)CCCCCC[C@H](C)CO. The first-order chi connectivity index (χ1) is 6.70. The second-order valence-electron chi connectivity index (χ2n) is 4.57. The first-order valence-electron chi connectivity index (χ1n) is 5.92. The monoisotopic (exact) mass is 202 g/mol. The van der Waals surface area contributed by atoms with Crippen molar-refractivity contribution in [1.82, 2.24) is 0 Å². The van der Waals surface area contributed by atoms with Gasteiger partial charge in [0.15, 0.2) is 0 Å². The predicted molar refractivity (Wildman–Crippen MR) is 60.2 cm³/mol. The molecule has 2 heteroatoms. The van der Waals surface area contributed by atoms with Crippen LogP contribution in [0.25, 0.3) is 0 Å². The topological polar surface area (TPSA) is 40.5 Å². The minimum absolute atomic E-state index is 0.321. The van der Waals surface area contributed by atoms with Gasteiger partial charge in [0.05, 0.1) is 0 Å². The second kappa shape index (κ2) is 9.47. The summed E-state index contributed by atoms with van der Waals surface area (Å²) in [5, 5.41) is 17.6. The molecule has 0 saturated heterocycles. The molecule has 0 fully saturated rings. The molecule has 0 aliphatic carbocycles. The van der Waals surface area contributed by atoms with Crippen LogP contribution in [0.3, 0.4) is 0 Å². The molecule has 0 spiro atoms. The molecule has 0 aromatic rings. The van der Waals surface area contributed by atoms with Crippen LogP contribution in [0.2, 0.25) is 0 Å². The van der Waals surface area contributed by atoms with Crippen molar-refractivity contribution in [2.45, 2.75) is 52.4 Å². The summed E-state index contributed by atoms with van der Waals surface area (Å²) >= 11 is 0. The molecule has 2 nitrogen and oxygen atoms in total. The molecular formula is C12H26O2. The van der Waals surface area contributed by atoms with Crippen molar-refractivity contribution in [2.24, 2.45) is 11.8 Å². The van der Waals surface area contributed by atoms with Crippen LogP contribution >= 0.6 is 0 Å². The smallest absolute Gasteiger partial charge is 0.0456 e. The predicted octanol–water partition coefficient (Wildman–Crippen LogP) is 2.58. The maximum Gasteiger partial charge on any atom is 0.0456 e. The Morgan fingerprint density at radius 1 is 0.714 bits per heavy atom. The van der Waals surface area contributed by atoms with Crippen LogP contribution in [0.15, 0.2) is 0 Å². The normalized spacial score (nSPS) is 15.4. The lowest BCUT2D eigenvalue weighted by Gasteiger charge is -2.08. The third-order valence-electron chi connectivity index (χ3n) is 2.77. The Kier molecular flexibility index (Phi) is 9.42. The van der Waals surface area contributed by atoms with Crippen molar-refractivity contribution in [2.75, 3.05) is 13.2 Å². The Balaban J connectivity index is 3.06. The zero-order chi connectivity index (χ0) is 10.8. The fourth-order valence-corrected chi connectivity index (χ4v) is 1.52. The van der Waals surface area contributed by atoms with Gasteiger partial charge in [0.1, 0.15) is 0 Å². The third-order valence-corrected chi connectivity index (χ3v) is 2.77. The van der Waals surface area contributed by atoms with Gasteiger partial charge in [0, 0.05) is 13.2 Å². The maximum atomic E-state index is 8.81. The lowest BCUT2D eigenvalue weighted by atomic mass is 10.0. The quantitative estimate of drug-likeness (QED) is 0.564. The van der Waals surface area contributed by atoms with Crippen molar-refractivity contribution in [3.63, 3.8) is 0 Å². The molecule has 1 unspecified atom stereocenters. The number of aliphatic hydroxyl groups excluding tert-OH is 2. The molecule has 0 amide bonds. The molecule has 0 aromatic heterocycles. The lowest BCUT2D eigenvalue weighted by Crippen LogP contribution is -2.01. The average molecular weight is 202 g/mol. The molecule has 0 radical (unpaired) electrons. The van der Waals surface area contributed by atoms with Crippen LogP contribution < -0.4 is 0 Å². The summed E-state index contributed by atoms with van der Waals surface area (Å²) in [7, 11) is 0. The summed E-state index contributed by atoms with van der Waals surface area (Å²) in [5.74, 6) is 0.928. The molecule has 0 aliphatic rings. The van der Waals surface area contributed by atoms with Gasteiger partial charge in [-0.2, -0.15) is 0 Å². The van der Waals surface area contributed by atoms with E-state index in [1.807, 2.05) is 0 Å². The maximum absolute atomic E-state index is 8.81. The van der Waals surface area contributed by atoms with Crippen molar-refractivity contribution in [3.8, 4) is 0 Å². The minimum Gasteiger partial charge on any atom is -0.396 e. The van der Waals surface area contributed by atoms with E-state index >= 15 is 0 Å². The number of hydrogen-bond donors (Lipinski definition) is 2. The number of hydrogen-bond acceptors (Lipinski definition) is 2. The third kappa shape index (κ3) is 8.52. The number of rotatable bonds is 9. The molecule has 0 bridgehead atoms. The standard InChI is InChI=1S/C12H26O2/c1-11(9-13)7-5-3-4-6-8-12(2)10-14/h11-14H,3-10H2,1-2H3/t11-,12?/m0/s1. The molecular weight excluding hydrogens is 176 g/mol. The zero-order valence-electron chi connectivity index (χ0n) is 9.71. The number of aliphatic hydroxyl groups is 2. The minimum atomic E-state index is 0.321. The second-order valence-corrected chi connectivity index (χ2v) is 4.57. The molecule has 0 saturated carbocycles. The molecule has 0 rings (SSSR count). The summed E-state index contributed by atoms with van der Waals surface area (Å²) in [4.78, 5) is 0. The van der Waals surface area contributed by atoms with Gasteiger partial charge < -0.3 is 10.2 Å². The van der Waals surface area contributed by atoms with Gasteiger partial charge in [-0.1, -0.05) is 39.5 Å². The van der Waals surface area contributed by atoms with Crippen LogP contribution in [-0.2, 0) is 0 Å². The average Bonchev–Trinajstić information content (AvgIpc) is 2.22. The van der Waals surface area contributed by atoms with E-state index < -0.39 is 0 Å². The van der Waals surface area contributed by atoms with Crippen molar-refractivity contribution in [3.05, 3.63) is 0 Å². The highest BCUT2D eigenvalue weighted by Gasteiger charge is 2.01. The van der Waals surface area contributed by atoms with E-state index in [9.17, 15) is 0 Å². The summed E-state index contributed by atoms with van der Waals surface area (Å²) in [6.45, 7) is 4.82. The first-order valence-corrected chi connectivity index (χ1v) is 5.92. The molecule has 14 heavy (non-hydrogen) atoms. The van der Waals surface area contributed by atoms with Crippen LogP contribution in [0.4, 0.5) is 0 Å². The van der Waals surface area contributed by atoms with E-state index in [-0.39, 0.29) is 0 Å². The highest BCUT2D eigenvalue weighted by Crippen LogP contribution is 2.13. The van der Waals surface area contributed by atoms with E-state index in [0.29, 0.717) is 25.0 Å². The van der Waals surface area contributed by atoms with Crippen LogP contribution in [0.5, 0.6) is 0 Å². The summed E-state index contributed by atoms with van der Waals surface area (Å²) in [6.07, 6.45) is 7.29. The fourth-order valence-electron chi connectivity index (χ4n) is 1.52. The van der Waals surface area contributed by atoms with Crippen molar-refractivity contribution >= 4 is 0 Å². The fraction of sp³-hybridized carbons (Fsp3) is 1.00. The van der Waals surface area contributed by atoms with E-state index in [0.717, 1.165) is 12.8 Å². The highest BCUT2D eigenvalue weighted by atomic mass is 16.3. The van der Waals surface area contributed by atoms with Gasteiger partial charge in [0.2, 0.25) is 0 Å². The van der Waals surface area contributed by atoms with E-state index in [1.54, 1.807) is 0 Å². The molecule has 2 N–H and O–H groups in total. The van der Waals surface area contributed by atoms with E-state index in [4.69, 9.17) is 10.2 Å². The first kappa shape index (κ1) is 13.9. The summed E-state index contributed by atoms with van der Waals surface area (Å²) in [5.41, 5.74) is 0. The molecule has 0 aromatic carbocycles. The summed E-state index contributed by atoms with van der Waals surface area (Å²) in [6, 6.07) is 0. The Morgan fingerprint density at radius 3 is 1.36 bits per heavy atom. The van der Waals surface area contributed by atoms with E-state index in [2.05, 4.69) is 13.8 Å². The summed E-state index contributed by atoms with van der Waals surface area (Å²) < 4.78 is 0. The largest absolute Gasteiger partial charge is 0.396 e. The van der Waals surface area contributed by atoms with Crippen LogP contribution in [-0.4, -0.2) is 23.4 Å². The van der Waals surface area contributed by atoms with Gasteiger partial charge >= 0.3 is 0 Å². The Hall–Kier alpha value is -0.0800. The van der Waals surface area contributed by atoms with Gasteiger partial charge in [-0.05, 0) is 24.7 Å². The zero-order valence-corrected chi connectivity index (χ0v) is 9.71. The Labute approximate surface area is 88.3 Å². The van der Waals surface area contributed by atoms with Crippen molar-refractivity contribution < 1.29 is 10.2 Å². The van der Waals surface area contributed by atoms with Crippen LogP contribution in [0, 0.1) is 11.8 Å². The Morgan fingerprint density at radius 2 is 1.07 bits per heavy atom. The van der Waals surface area contributed by atoms with Gasteiger partial charge in [-0.15, -0.1) is 0 Å². The van der Waals surface area contributed by atoms with E-state index in [1.165, 1.54) is 25.7 Å².